The average Bonchev–Trinajstić information content (AvgIpc) is 2.19. The van der Waals surface area contributed by atoms with Gasteiger partial charge < -0.3 is 10.0 Å². The van der Waals surface area contributed by atoms with Crippen LogP contribution in [0.5, 0.6) is 0 Å². The van der Waals surface area contributed by atoms with Crippen molar-refractivity contribution in [2.24, 2.45) is 0 Å². The van der Waals surface area contributed by atoms with Crippen molar-refractivity contribution < 1.29 is 9.90 Å². The van der Waals surface area contributed by atoms with Crippen molar-refractivity contribution in [1.29, 1.82) is 0 Å². The van der Waals surface area contributed by atoms with E-state index in [0.717, 1.165) is 5.56 Å². The Balaban J connectivity index is 2.76. The SMILES string of the molecule is CN(Cc1ccccc1Cl)C(=O)C(C)(C)O. The maximum Gasteiger partial charge on any atom is 0.253 e. The normalized spacial score (nSPS) is 11.3. The van der Waals surface area contributed by atoms with E-state index in [9.17, 15) is 9.90 Å². The van der Waals surface area contributed by atoms with Crippen LogP contribution in [0.25, 0.3) is 0 Å². The monoisotopic (exact) mass is 241 g/mol. The first kappa shape index (κ1) is 13.0. The number of aliphatic hydroxyl groups is 1. The molecule has 0 aliphatic carbocycles. The highest BCUT2D eigenvalue weighted by atomic mass is 35.5. The lowest BCUT2D eigenvalue weighted by molar-refractivity contribution is -0.146. The van der Waals surface area contributed by atoms with E-state index in [4.69, 9.17) is 11.6 Å². The van der Waals surface area contributed by atoms with Gasteiger partial charge in [0.25, 0.3) is 5.91 Å². The van der Waals surface area contributed by atoms with E-state index in [1.165, 1.54) is 18.7 Å². The maximum atomic E-state index is 11.7. The molecule has 1 aromatic carbocycles. The molecule has 3 nitrogen and oxygen atoms in total. The highest BCUT2D eigenvalue weighted by Crippen LogP contribution is 2.17. The van der Waals surface area contributed by atoms with Gasteiger partial charge in [0.1, 0.15) is 5.60 Å². The first-order valence-corrected chi connectivity index (χ1v) is 5.41. The van der Waals surface area contributed by atoms with Gasteiger partial charge in [-0.1, -0.05) is 29.8 Å². The molecule has 88 valence electrons. The summed E-state index contributed by atoms with van der Waals surface area (Å²) in [6.07, 6.45) is 0. The molecule has 0 unspecified atom stereocenters. The van der Waals surface area contributed by atoms with Crippen molar-refractivity contribution in [3.05, 3.63) is 34.9 Å². The van der Waals surface area contributed by atoms with Crippen LogP contribution in [0.4, 0.5) is 0 Å². The predicted octanol–water partition coefficient (Wildman–Crippen LogP) is 2.07. The lowest BCUT2D eigenvalue weighted by Gasteiger charge is -2.25. The van der Waals surface area contributed by atoms with Gasteiger partial charge in [0.05, 0.1) is 0 Å². The third-order valence-corrected chi connectivity index (χ3v) is 2.60. The fourth-order valence-corrected chi connectivity index (χ4v) is 1.62. The van der Waals surface area contributed by atoms with E-state index >= 15 is 0 Å². The molecular formula is C12H16ClNO2. The second-order valence-corrected chi connectivity index (χ2v) is 4.72. The Morgan fingerprint density at radius 3 is 2.50 bits per heavy atom. The number of carbonyl (C=O) groups excluding carboxylic acids is 1. The Labute approximate surface area is 101 Å². The molecule has 0 radical (unpaired) electrons. The molecule has 0 saturated carbocycles. The minimum atomic E-state index is -1.35. The molecule has 1 amide bonds. The summed E-state index contributed by atoms with van der Waals surface area (Å²) in [7, 11) is 1.64. The quantitative estimate of drug-likeness (QED) is 0.880. The van der Waals surface area contributed by atoms with Crippen molar-refractivity contribution in [3.63, 3.8) is 0 Å². The number of hydrogen-bond acceptors (Lipinski definition) is 2. The van der Waals surface area contributed by atoms with Crippen LogP contribution in [-0.2, 0) is 11.3 Å². The summed E-state index contributed by atoms with van der Waals surface area (Å²) in [4.78, 5) is 13.2. The molecule has 0 heterocycles. The lowest BCUT2D eigenvalue weighted by Crippen LogP contribution is -2.42. The number of halogens is 1. The van der Waals surface area contributed by atoms with Crippen LogP contribution < -0.4 is 0 Å². The summed E-state index contributed by atoms with van der Waals surface area (Å²) in [5.74, 6) is -0.326. The van der Waals surface area contributed by atoms with E-state index in [-0.39, 0.29) is 5.91 Å². The van der Waals surface area contributed by atoms with Gasteiger partial charge in [-0.2, -0.15) is 0 Å². The number of nitrogens with zero attached hydrogens (tertiary/aromatic N) is 1. The molecule has 0 atom stereocenters. The number of benzene rings is 1. The predicted molar refractivity (Wildman–Crippen MR) is 64.2 cm³/mol. The minimum Gasteiger partial charge on any atom is -0.381 e. The number of carbonyl (C=O) groups is 1. The van der Waals surface area contributed by atoms with Crippen LogP contribution in [-0.4, -0.2) is 28.6 Å². The Kier molecular flexibility index (Phi) is 3.94. The molecule has 1 rings (SSSR count). The molecule has 0 spiro atoms. The molecule has 0 aromatic heterocycles. The second kappa shape index (κ2) is 4.85. The van der Waals surface area contributed by atoms with E-state index < -0.39 is 5.60 Å². The zero-order valence-electron chi connectivity index (χ0n) is 9.70. The smallest absolute Gasteiger partial charge is 0.253 e. The first-order valence-electron chi connectivity index (χ1n) is 5.03. The standard InChI is InChI=1S/C12H16ClNO2/c1-12(2,16)11(15)14(3)8-9-6-4-5-7-10(9)13/h4-7,16H,8H2,1-3H3. The van der Waals surface area contributed by atoms with Gasteiger partial charge >= 0.3 is 0 Å². The summed E-state index contributed by atoms with van der Waals surface area (Å²) >= 11 is 5.99. The second-order valence-electron chi connectivity index (χ2n) is 4.31. The van der Waals surface area contributed by atoms with E-state index in [0.29, 0.717) is 11.6 Å². The number of hydrogen-bond donors (Lipinski definition) is 1. The zero-order chi connectivity index (χ0) is 12.3. The van der Waals surface area contributed by atoms with Gasteiger partial charge in [-0.15, -0.1) is 0 Å². The number of likely N-dealkylation sites (N-methyl/N-ethyl adjacent to an activating group) is 1. The molecule has 16 heavy (non-hydrogen) atoms. The molecule has 0 aliphatic heterocycles. The van der Waals surface area contributed by atoms with Gasteiger partial charge in [-0.25, -0.2) is 0 Å². The van der Waals surface area contributed by atoms with Crippen molar-refractivity contribution in [3.8, 4) is 0 Å². The Bertz CT molecular complexity index is 385. The van der Waals surface area contributed by atoms with Gasteiger partial charge in [0.15, 0.2) is 0 Å². The van der Waals surface area contributed by atoms with Crippen molar-refractivity contribution in [1.82, 2.24) is 4.90 Å². The third kappa shape index (κ3) is 3.22. The van der Waals surface area contributed by atoms with E-state index in [2.05, 4.69) is 0 Å². The molecule has 1 aromatic rings. The fourth-order valence-electron chi connectivity index (χ4n) is 1.42. The van der Waals surface area contributed by atoms with Crippen LogP contribution in [0.15, 0.2) is 24.3 Å². The Hall–Kier alpha value is -1.06. The summed E-state index contributed by atoms with van der Waals surface area (Å²) in [6.45, 7) is 3.33. The lowest BCUT2D eigenvalue weighted by atomic mass is 10.1. The summed E-state index contributed by atoms with van der Waals surface area (Å²) < 4.78 is 0. The van der Waals surface area contributed by atoms with Gasteiger partial charge in [0, 0.05) is 18.6 Å². The highest BCUT2D eigenvalue weighted by molar-refractivity contribution is 6.31. The molecular weight excluding hydrogens is 226 g/mol. The van der Waals surface area contributed by atoms with Crippen LogP contribution in [0.3, 0.4) is 0 Å². The summed E-state index contributed by atoms with van der Waals surface area (Å²) in [5.41, 5.74) is -0.486. The van der Waals surface area contributed by atoms with Crippen molar-refractivity contribution in [2.75, 3.05) is 7.05 Å². The topological polar surface area (TPSA) is 40.5 Å². The van der Waals surface area contributed by atoms with Crippen molar-refractivity contribution in [2.45, 2.75) is 26.0 Å². The van der Waals surface area contributed by atoms with Crippen molar-refractivity contribution >= 4 is 17.5 Å². The van der Waals surface area contributed by atoms with E-state index in [1.807, 2.05) is 18.2 Å². The largest absolute Gasteiger partial charge is 0.381 e. The zero-order valence-corrected chi connectivity index (χ0v) is 10.5. The Morgan fingerprint density at radius 2 is 2.00 bits per heavy atom. The summed E-state index contributed by atoms with van der Waals surface area (Å²) in [6, 6.07) is 7.34. The van der Waals surface area contributed by atoms with Crippen LogP contribution in [0.2, 0.25) is 5.02 Å². The fraction of sp³-hybridized carbons (Fsp3) is 0.417. The highest BCUT2D eigenvalue weighted by Gasteiger charge is 2.27. The first-order chi connectivity index (χ1) is 7.32. The van der Waals surface area contributed by atoms with E-state index in [1.54, 1.807) is 13.1 Å². The van der Waals surface area contributed by atoms with Gasteiger partial charge in [-0.3, -0.25) is 4.79 Å². The molecule has 0 saturated heterocycles. The van der Waals surface area contributed by atoms with Crippen LogP contribution in [0, 0.1) is 0 Å². The van der Waals surface area contributed by atoms with Gasteiger partial charge in [-0.05, 0) is 25.5 Å². The summed E-state index contributed by atoms with van der Waals surface area (Å²) in [5, 5.41) is 10.2. The van der Waals surface area contributed by atoms with Crippen LogP contribution >= 0.6 is 11.6 Å². The average molecular weight is 242 g/mol. The van der Waals surface area contributed by atoms with Crippen LogP contribution in [0.1, 0.15) is 19.4 Å². The number of rotatable bonds is 3. The van der Waals surface area contributed by atoms with Gasteiger partial charge in [0.2, 0.25) is 0 Å². The molecule has 0 fully saturated rings. The molecule has 1 N–H and O–H groups in total. The Morgan fingerprint density at radius 1 is 1.44 bits per heavy atom. The maximum absolute atomic E-state index is 11.7. The third-order valence-electron chi connectivity index (χ3n) is 2.24. The minimum absolute atomic E-state index is 0.326. The number of amides is 1. The molecule has 0 bridgehead atoms. The molecule has 4 heteroatoms. The molecule has 0 aliphatic rings.